The Balaban J connectivity index is 2.00. The zero-order chi connectivity index (χ0) is 17.1. The Hall–Kier alpha value is -2.01. The minimum absolute atomic E-state index is 0.0595. The molecule has 1 aromatic rings. The van der Waals surface area contributed by atoms with Crippen LogP contribution in [0.2, 0.25) is 0 Å². The van der Waals surface area contributed by atoms with Crippen molar-refractivity contribution in [3.8, 4) is 11.5 Å². The zero-order valence-corrected chi connectivity index (χ0v) is 14.3. The number of Topliss-reactive ketones (excluding diaryl/α,β-unsaturated/α-hetero) is 1. The molecule has 0 saturated carbocycles. The summed E-state index contributed by atoms with van der Waals surface area (Å²) in [7, 11) is 5.24. The molecular weight excluding hydrogens is 306 g/mol. The van der Waals surface area contributed by atoms with Crippen LogP contribution in [0.3, 0.4) is 0 Å². The third-order valence-corrected chi connectivity index (χ3v) is 6.20. The highest BCUT2D eigenvalue weighted by atomic mass is 16.5. The molecule has 1 aliphatic heterocycles. The van der Waals surface area contributed by atoms with Crippen LogP contribution >= 0.6 is 0 Å². The SMILES string of the molecule is COC1=C[C@@]23CCN(C)[C@H](Cc4ccc(OC)c(O)c42)[C@H]3CC1=O. The van der Waals surface area contributed by atoms with Gasteiger partial charge >= 0.3 is 0 Å². The van der Waals surface area contributed by atoms with Crippen LogP contribution in [0.1, 0.15) is 24.0 Å². The average molecular weight is 329 g/mol. The van der Waals surface area contributed by atoms with E-state index in [4.69, 9.17) is 9.47 Å². The van der Waals surface area contributed by atoms with Gasteiger partial charge in [0.2, 0.25) is 0 Å². The molecule has 3 aliphatic rings. The Bertz CT molecular complexity index is 741. The smallest absolute Gasteiger partial charge is 0.197 e. The molecule has 1 saturated heterocycles. The first-order valence-electron chi connectivity index (χ1n) is 8.41. The van der Waals surface area contributed by atoms with Crippen molar-refractivity contribution in [1.82, 2.24) is 4.90 Å². The molecule has 24 heavy (non-hydrogen) atoms. The van der Waals surface area contributed by atoms with Gasteiger partial charge in [0.05, 0.1) is 14.2 Å². The number of likely N-dealkylation sites (N-methyl/N-ethyl adjacent to an activating group) is 1. The number of methoxy groups -OCH3 is 2. The molecule has 0 radical (unpaired) electrons. The van der Waals surface area contributed by atoms with Gasteiger partial charge in [0.15, 0.2) is 23.0 Å². The number of likely N-dealkylation sites (tertiary alicyclic amines) is 1. The van der Waals surface area contributed by atoms with E-state index in [1.54, 1.807) is 14.2 Å². The van der Waals surface area contributed by atoms with E-state index < -0.39 is 0 Å². The average Bonchev–Trinajstić information content (AvgIpc) is 2.58. The van der Waals surface area contributed by atoms with E-state index in [1.165, 1.54) is 0 Å². The van der Waals surface area contributed by atoms with Gasteiger partial charge in [0.25, 0.3) is 0 Å². The van der Waals surface area contributed by atoms with Crippen LogP contribution in [0.15, 0.2) is 24.0 Å². The maximum atomic E-state index is 12.4. The van der Waals surface area contributed by atoms with Gasteiger partial charge < -0.3 is 19.5 Å². The van der Waals surface area contributed by atoms with Gasteiger partial charge in [-0.1, -0.05) is 6.07 Å². The summed E-state index contributed by atoms with van der Waals surface area (Å²) in [6.45, 7) is 0.930. The number of hydrogen-bond acceptors (Lipinski definition) is 5. The van der Waals surface area contributed by atoms with Gasteiger partial charge in [0, 0.05) is 23.4 Å². The first-order chi connectivity index (χ1) is 11.5. The van der Waals surface area contributed by atoms with Gasteiger partial charge in [-0.2, -0.15) is 0 Å². The number of fused-ring (bicyclic) bond motifs is 1. The number of allylic oxidation sites excluding steroid dienone is 2. The summed E-state index contributed by atoms with van der Waals surface area (Å²) in [5.41, 5.74) is 1.71. The van der Waals surface area contributed by atoms with Crippen LogP contribution in [0.25, 0.3) is 0 Å². The second kappa shape index (κ2) is 5.24. The number of nitrogens with zero attached hydrogens (tertiary/aromatic N) is 1. The lowest BCUT2D eigenvalue weighted by atomic mass is 9.54. The summed E-state index contributed by atoms with van der Waals surface area (Å²) < 4.78 is 10.7. The van der Waals surface area contributed by atoms with Gasteiger partial charge in [-0.25, -0.2) is 0 Å². The minimum atomic E-state index is -0.358. The van der Waals surface area contributed by atoms with E-state index in [2.05, 4.69) is 18.0 Å². The van der Waals surface area contributed by atoms with Crippen LogP contribution in [-0.4, -0.2) is 49.6 Å². The van der Waals surface area contributed by atoms with Crippen molar-refractivity contribution in [2.24, 2.45) is 5.92 Å². The number of ether oxygens (including phenoxy) is 2. The van der Waals surface area contributed by atoms with E-state index in [-0.39, 0.29) is 22.9 Å². The highest BCUT2D eigenvalue weighted by Gasteiger charge is 2.56. The Labute approximate surface area is 141 Å². The molecule has 0 unspecified atom stereocenters. The van der Waals surface area contributed by atoms with Gasteiger partial charge in [-0.15, -0.1) is 0 Å². The summed E-state index contributed by atoms with van der Waals surface area (Å²) in [4.78, 5) is 14.8. The van der Waals surface area contributed by atoms with Crippen LogP contribution < -0.4 is 4.74 Å². The molecule has 1 aromatic carbocycles. The topological polar surface area (TPSA) is 59.0 Å². The first-order valence-corrected chi connectivity index (χ1v) is 8.41. The molecule has 2 bridgehead atoms. The number of ketones is 1. The zero-order valence-electron chi connectivity index (χ0n) is 14.3. The third kappa shape index (κ3) is 1.88. The highest BCUT2D eigenvalue weighted by Crippen LogP contribution is 2.57. The number of carbonyl (C=O) groups excluding carboxylic acids is 1. The van der Waals surface area contributed by atoms with E-state index in [9.17, 15) is 9.90 Å². The second-order valence-corrected chi connectivity index (χ2v) is 7.14. The largest absolute Gasteiger partial charge is 0.504 e. The highest BCUT2D eigenvalue weighted by molar-refractivity contribution is 5.95. The van der Waals surface area contributed by atoms with E-state index in [0.717, 1.165) is 30.5 Å². The number of phenolic OH excluding ortho intramolecular Hbond substituents is 1. The molecule has 3 atom stereocenters. The molecule has 2 aliphatic carbocycles. The standard InChI is InChI=1S/C19H23NO4/c1-20-7-6-19-10-16(24-3)14(21)9-12(19)13(20)8-11-4-5-15(23-2)18(22)17(11)19/h4-5,10,12-13,22H,6-9H2,1-3H3/t12-,13-,19-/m1/s1. The van der Waals surface area contributed by atoms with Crippen molar-refractivity contribution in [3.63, 3.8) is 0 Å². The predicted molar refractivity (Wildman–Crippen MR) is 89.3 cm³/mol. The fraction of sp³-hybridized carbons (Fsp3) is 0.526. The lowest BCUT2D eigenvalue weighted by molar-refractivity contribution is -0.122. The molecule has 5 nitrogen and oxygen atoms in total. The maximum absolute atomic E-state index is 12.4. The summed E-state index contributed by atoms with van der Waals surface area (Å²) in [6, 6.07) is 4.18. The lowest BCUT2D eigenvalue weighted by Gasteiger charge is -2.56. The van der Waals surface area contributed by atoms with Crippen LogP contribution in [-0.2, 0) is 21.4 Å². The molecule has 0 aromatic heterocycles. The molecule has 5 heteroatoms. The number of phenols is 1. The van der Waals surface area contributed by atoms with Crippen molar-refractivity contribution in [2.75, 3.05) is 27.8 Å². The molecule has 1 N–H and O–H groups in total. The number of benzene rings is 1. The second-order valence-electron chi connectivity index (χ2n) is 7.14. The summed E-state index contributed by atoms with van der Waals surface area (Å²) in [5, 5.41) is 10.9. The number of aromatic hydroxyl groups is 1. The quantitative estimate of drug-likeness (QED) is 0.899. The number of hydrogen-bond donors (Lipinski definition) is 1. The summed E-state index contributed by atoms with van der Waals surface area (Å²) in [6.07, 6.45) is 4.14. The monoisotopic (exact) mass is 329 g/mol. The van der Waals surface area contributed by atoms with Crippen LogP contribution in [0, 0.1) is 5.92 Å². The Morgan fingerprint density at radius 1 is 1.25 bits per heavy atom. The molecule has 4 rings (SSSR count). The fourth-order valence-electron chi connectivity index (χ4n) is 5.02. The fourth-order valence-corrected chi connectivity index (χ4v) is 5.02. The number of piperidine rings is 1. The molecular formula is C19H23NO4. The molecule has 1 fully saturated rings. The van der Waals surface area contributed by atoms with E-state index in [0.29, 0.717) is 24.0 Å². The van der Waals surface area contributed by atoms with E-state index in [1.807, 2.05) is 12.1 Å². The Morgan fingerprint density at radius 2 is 2.04 bits per heavy atom. The maximum Gasteiger partial charge on any atom is 0.197 e. The van der Waals surface area contributed by atoms with Gasteiger partial charge in [-0.3, -0.25) is 4.79 Å². The van der Waals surface area contributed by atoms with Crippen molar-refractivity contribution < 1.29 is 19.4 Å². The normalized spacial score (nSPS) is 31.8. The predicted octanol–water partition coefficient (Wildman–Crippen LogP) is 2.02. The van der Waals surface area contributed by atoms with Crippen molar-refractivity contribution >= 4 is 5.78 Å². The summed E-state index contributed by atoms with van der Waals surface area (Å²) >= 11 is 0. The lowest BCUT2D eigenvalue weighted by Crippen LogP contribution is -2.60. The molecule has 128 valence electrons. The van der Waals surface area contributed by atoms with Crippen molar-refractivity contribution in [3.05, 3.63) is 35.1 Å². The molecule has 1 heterocycles. The number of carbonyl (C=O) groups is 1. The number of rotatable bonds is 2. The third-order valence-electron chi connectivity index (χ3n) is 6.20. The van der Waals surface area contributed by atoms with Crippen LogP contribution in [0.4, 0.5) is 0 Å². The van der Waals surface area contributed by atoms with Crippen molar-refractivity contribution in [2.45, 2.75) is 30.7 Å². The van der Waals surface area contributed by atoms with E-state index >= 15 is 0 Å². The van der Waals surface area contributed by atoms with Crippen molar-refractivity contribution in [1.29, 1.82) is 0 Å². The Morgan fingerprint density at radius 3 is 2.75 bits per heavy atom. The minimum Gasteiger partial charge on any atom is -0.504 e. The van der Waals surface area contributed by atoms with Gasteiger partial charge in [0.1, 0.15) is 0 Å². The summed E-state index contributed by atoms with van der Waals surface area (Å²) in [5.74, 6) is 1.34. The van der Waals surface area contributed by atoms with Gasteiger partial charge in [-0.05, 0) is 50.1 Å². The first kappa shape index (κ1) is 15.5. The molecule has 0 spiro atoms. The van der Waals surface area contributed by atoms with Crippen LogP contribution in [0.5, 0.6) is 11.5 Å². The Kier molecular flexibility index (Phi) is 3.39. The molecule has 0 amide bonds.